The van der Waals surface area contributed by atoms with Gasteiger partial charge in [0.1, 0.15) is 22.9 Å². The Bertz CT molecular complexity index is 512. The molecule has 0 spiro atoms. The Labute approximate surface area is 93.2 Å². The Morgan fingerprint density at radius 1 is 1.06 bits per heavy atom. The fraction of sp³-hybridized carbons (Fsp3) is 0.167. The highest BCUT2D eigenvalue weighted by Gasteiger charge is 2.12. The van der Waals surface area contributed by atoms with Crippen molar-refractivity contribution in [2.45, 2.75) is 13.3 Å². The van der Waals surface area contributed by atoms with E-state index < -0.39 is 0 Å². The second-order valence-electron chi connectivity index (χ2n) is 3.40. The molecule has 0 amide bonds. The lowest BCUT2D eigenvalue weighted by Crippen LogP contribution is -1.93. The van der Waals surface area contributed by atoms with E-state index in [2.05, 4.69) is 9.97 Å². The van der Waals surface area contributed by atoms with Crippen molar-refractivity contribution in [3.63, 3.8) is 0 Å². The zero-order valence-corrected chi connectivity index (χ0v) is 8.88. The molecule has 0 fully saturated rings. The fourth-order valence-corrected chi connectivity index (χ4v) is 1.44. The van der Waals surface area contributed by atoms with Crippen LogP contribution in [0.3, 0.4) is 0 Å². The summed E-state index contributed by atoms with van der Waals surface area (Å²) in [6, 6.07) is 6.45. The summed E-state index contributed by atoms with van der Waals surface area (Å²) in [7, 11) is 0. The molecule has 0 aromatic carbocycles. The lowest BCUT2D eigenvalue weighted by Gasteiger charge is -2.06. The Balaban J connectivity index is 2.59. The highest BCUT2D eigenvalue weighted by Crippen LogP contribution is 2.31. The molecule has 4 heteroatoms. The maximum atomic E-state index is 9.69. The van der Waals surface area contributed by atoms with E-state index in [0.717, 1.165) is 12.1 Å². The van der Waals surface area contributed by atoms with Crippen molar-refractivity contribution in [3.05, 3.63) is 36.2 Å². The van der Waals surface area contributed by atoms with Gasteiger partial charge in [-0.3, -0.25) is 4.98 Å². The average molecular weight is 216 g/mol. The first-order chi connectivity index (χ1) is 7.72. The maximum Gasteiger partial charge on any atom is 0.143 e. The smallest absolute Gasteiger partial charge is 0.143 e. The third kappa shape index (κ3) is 1.82. The van der Waals surface area contributed by atoms with Crippen LogP contribution in [0.1, 0.15) is 12.6 Å². The summed E-state index contributed by atoms with van der Waals surface area (Å²) in [5.41, 5.74) is 1.46. The van der Waals surface area contributed by atoms with E-state index >= 15 is 0 Å². The van der Waals surface area contributed by atoms with Crippen LogP contribution in [0.4, 0.5) is 0 Å². The van der Waals surface area contributed by atoms with E-state index in [1.54, 1.807) is 24.4 Å². The summed E-state index contributed by atoms with van der Waals surface area (Å²) < 4.78 is 0. The fourth-order valence-electron chi connectivity index (χ4n) is 1.44. The Morgan fingerprint density at radius 3 is 2.50 bits per heavy atom. The molecule has 0 aliphatic rings. The van der Waals surface area contributed by atoms with Crippen LogP contribution in [0.5, 0.6) is 11.5 Å². The predicted octanol–water partition coefficient (Wildman–Crippen LogP) is 2.12. The molecule has 0 aliphatic carbocycles. The molecule has 16 heavy (non-hydrogen) atoms. The number of aromatic nitrogens is 2. The first-order valence-electron chi connectivity index (χ1n) is 5.05. The zero-order chi connectivity index (χ0) is 11.5. The largest absolute Gasteiger partial charge is 0.506 e. The minimum absolute atomic E-state index is 0.0125. The van der Waals surface area contributed by atoms with E-state index in [9.17, 15) is 10.2 Å². The maximum absolute atomic E-state index is 9.69. The number of rotatable bonds is 2. The molecular formula is C12H12N2O2. The van der Waals surface area contributed by atoms with Crippen molar-refractivity contribution in [3.8, 4) is 22.9 Å². The van der Waals surface area contributed by atoms with E-state index in [1.807, 2.05) is 6.92 Å². The highest BCUT2D eigenvalue weighted by atomic mass is 16.3. The standard InChI is InChI=1S/C12H12N2O2/c1-2-8-5-6-10(16)12(14-8)11-9(15)4-3-7-13-11/h3-7,15-16H,2H2,1H3. The number of hydrogen-bond acceptors (Lipinski definition) is 4. The molecule has 2 aromatic heterocycles. The summed E-state index contributed by atoms with van der Waals surface area (Å²) in [5, 5.41) is 19.3. The Kier molecular flexibility index (Phi) is 2.72. The summed E-state index contributed by atoms with van der Waals surface area (Å²) in [4.78, 5) is 8.26. The van der Waals surface area contributed by atoms with Crippen LogP contribution in [0, 0.1) is 0 Å². The molecule has 0 saturated heterocycles. The number of aryl methyl sites for hydroxylation is 1. The van der Waals surface area contributed by atoms with Crippen LogP contribution in [0.25, 0.3) is 11.4 Å². The summed E-state index contributed by atoms with van der Waals surface area (Å²) in [6.07, 6.45) is 2.32. The Hall–Kier alpha value is -2.10. The summed E-state index contributed by atoms with van der Waals surface area (Å²) >= 11 is 0. The molecule has 4 nitrogen and oxygen atoms in total. The van der Waals surface area contributed by atoms with Gasteiger partial charge in [0.15, 0.2) is 0 Å². The number of hydrogen-bond donors (Lipinski definition) is 2. The van der Waals surface area contributed by atoms with Crippen LogP contribution in [0.2, 0.25) is 0 Å². The van der Waals surface area contributed by atoms with Crippen LogP contribution in [0.15, 0.2) is 30.5 Å². The third-order valence-electron chi connectivity index (χ3n) is 2.30. The molecule has 2 aromatic rings. The normalized spacial score (nSPS) is 10.3. The molecular weight excluding hydrogens is 204 g/mol. The molecule has 0 saturated carbocycles. The highest BCUT2D eigenvalue weighted by molar-refractivity contribution is 5.67. The molecule has 0 radical (unpaired) electrons. The molecule has 0 bridgehead atoms. The molecule has 0 atom stereocenters. The van der Waals surface area contributed by atoms with Gasteiger partial charge in [-0.2, -0.15) is 0 Å². The van der Waals surface area contributed by atoms with Crippen molar-refractivity contribution in [2.24, 2.45) is 0 Å². The minimum Gasteiger partial charge on any atom is -0.506 e. The monoisotopic (exact) mass is 216 g/mol. The van der Waals surface area contributed by atoms with Crippen LogP contribution in [-0.4, -0.2) is 20.2 Å². The van der Waals surface area contributed by atoms with Crippen molar-refractivity contribution in [1.29, 1.82) is 0 Å². The van der Waals surface area contributed by atoms with Gasteiger partial charge in [0.2, 0.25) is 0 Å². The third-order valence-corrected chi connectivity index (χ3v) is 2.30. The van der Waals surface area contributed by atoms with Gasteiger partial charge in [-0.15, -0.1) is 0 Å². The summed E-state index contributed by atoms with van der Waals surface area (Å²) in [6.45, 7) is 1.97. The van der Waals surface area contributed by atoms with Gasteiger partial charge >= 0.3 is 0 Å². The van der Waals surface area contributed by atoms with Crippen molar-refractivity contribution < 1.29 is 10.2 Å². The molecule has 0 unspecified atom stereocenters. The van der Waals surface area contributed by atoms with E-state index in [1.165, 1.54) is 6.07 Å². The molecule has 2 N–H and O–H groups in total. The lowest BCUT2D eigenvalue weighted by atomic mass is 10.2. The molecule has 2 heterocycles. The van der Waals surface area contributed by atoms with Crippen LogP contribution >= 0.6 is 0 Å². The lowest BCUT2D eigenvalue weighted by molar-refractivity contribution is 0.465. The first kappa shape index (κ1) is 10.4. The van der Waals surface area contributed by atoms with Gasteiger partial charge in [0.25, 0.3) is 0 Å². The number of nitrogens with zero attached hydrogens (tertiary/aromatic N) is 2. The summed E-state index contributed by atoms with van der Waals surface area (Å²) in [5.74, 6) is 0.0322. The second-order valence-corrected chi connectivity index (χ2v) is 3.40. The van der Waals surface area contributed by atoms with E-state index in [0.29, 0.717) is 11.4 Å². The van der Waals surface area contributed by atoms with Gasteiger partial charge in [0, 0.05) is 11.9 Å². The topological polar surface area (TPSA) is 66.2 Å². The van der Waals surface area contributed by atoms with Crippen molar-refractivity contribution >= 4 is 0 Å². The van der Waals surface area contributed by atoms with Gasteiger partial charge < -0.3 is 10.2 Å². The SMILES string of the molecule is CCc1ccc(O)c(-c2ncccc2O)n1. The number of aromatic hydroxyl groups is 2. The molecule has 2 rings (SSSR count). The Morgan fingerprint density at radius 2 is 1.81 bits per heavy atom. The first-order valence-corrected chi connectivity index (χ1v) is 5.05. The van der Waals surface area contributed by atoms with Gasteiger partial charge in [-0.05, 0) is 30.7 Å². The minimum atomic E-state index is 0.0125. The van der Waals surface area contributed by atoms with E-state index in [4.69, 9.17) is 0 Å². The van der Waals surface area contributed by atoms with Gasteiger partial charge in [-0.1, -0.05) is 6.92 Å². The quantitative estimate of drug-likeness (QED) is 0.806. The van der Waals surface area contributed by atoms with Gasteiger partial charge in [0.05, 0.1) is 0 Å². The molecule has 0 aliphatic heterocycles. The van der Waals surface area contributed by atoms with Crippen LogP contribution < -0.4 is 0 Å². The average Bonchev–Trinajstić information content (AvgIpc) is 2.31. The van der Waals surface area contributed by atoms with Crippen molar-refractivity contribution in [1.82, 2.24) is 9.97 Å². The number of pyridine rings is 2. The van der Waals surface area contributed by atoms with Gasteiger partial charge in [-0.25, -0.2) is 4.98 Å². The van der Waals surface area contributed by atoms with Crippen LogP contribution in [-0.2, 0) is 6.42 Å². The zero-order valence-electron chi connectivity index (χ0n) is 8.88. The van der Waals surface area contributed by atoms with Crippen molar-refractivity contribution in [2.75, 3.05) is 0 Å². The second kappa shape index (κ2) is 4.18. The predicted molar refractivity (Wildman–Crippen MR) is 60.2 cm³/mol. The van der Waals surface area contributed by atoms with E-state index in [-0.39, 0.29) is 11.5 Å². The molecule has 82 valence electrons.